The molecule has 0 atom stereocenters. The normalized spacial score (nSPS) is 39.8. The van der Waals surface area contributed by atoms with Crippen molar-refractivity contribution >= 4 is 0 Å². The minimum Gasteiger partial charge on any atom is -0.495 e. The lowest BCUT2D eigenvalue weighted by Crippen LogP contribution is -2.55. The SMILES string of the molecule is CC/C=C(\CC)OC1CC2(CC(N)C2)C1. The molecule has 0 aromatic heterocycles. The predicted octanol–water partition coefficient (Wildman–Crippen LogP) is 2.98. The van der Waals surface area contributed by atoms with E-state index in [0.717, 1.165) is 12.8 Å². The molecule has 0 aromatic rings. The third kappa shape index (κ3) is 2.20. The lowest BCUT2D eigenvalue weighted by molar-refractivity contribution is -0.104. The monoisotopic (exact) mass is 209 g/mol. The number of ether oxygens (including phenoxy) is 1. The maximum Gasteiger partial charge on any atom is 0.0993 e. The Balaban J connectivity index is 1.73. The molecule has 0 unspecified atom stereocenters. The minimum absolute atomic E-state index is 0.475. The molecule has 0 heterocycles. The molecular formula is C13H23NO. The zero-order chi connectivity index (χ0) is 10.9. The Morgan fingerprint density at radius 3 is 2.47 bits per heavy atom. The summed E-state index contributed by atoms with van der Waals surface area (Å²) in [7, 11) is 0. The lowest BCUT2D eigenvalue weighted by Gasteiger charge is -2.56. The highest BCUT2D eigenvalue weighted by Gasteiger charge is 2.52. The van der Waals surface area contributed by atoms with Crippen LogP contribution in [0.15, 0.2) is 11.8 Å². The van der Waals surface area contributed by atoms with E-state index in [0.29, 0.717) is 17.6 Å². The second-order valence-corrected chi connectivity index (χ2v) is 5.25. The zero-order valence-corrected chi connectivity index (χ0v) is 9.96. The Hall–Kier alpha value is -0.500. The third-order valence-electron chi connectivity index (χ3n) is 3.81. The van der Waals surface area contributed by atoms with Crippen LogP contribution in [-0.4, -0.2) is 12.1 Å². The van der Waals surface area contributed by atoms with Gasteiger partial charge in [-0.25, -0.2) is 0 Å². The first kappa shape index (κ1) is 11.0. The molecule has 0 saturated heterocycles. The maximum absolute atomic E-state index is 5.96. The van der Waals surface area contributed by atoms with Gasteiger partial charge < -0.3 is 10.5 Å². The summed E-state index contributed by atoms with van der Waals surface area (Å²) < 4.78 is 5.96. The van der Waals surface area contributed by atoms with E-state index < -0.39 is 0 Å². The Morgan fingerprint density at radius 2 is 2.00 bits per heavy atom. The zero-order valence-electron chi connectivity index (χ0n) is 9.96. The van der Waals surface area contributed by atoms with Gasteiger partial charge >= 0.3 is 0 Å². The van der Waals surface area contributed by atoms with Gasteiger partial charge in [0, 0.05) is 12.5 Å². The van der Waals surface area contributed by atoms with Gasteiger partial charge in [-0.3, -0.25) is 0 Å². The molecule has 0 radical (unpaired) electrons. The van der Waals surface area contributed by atoms with Crippen LogP contribution >= 0.6 is 0 Å². The van der Waals surface area contributed by atoms with Crippen molar-refractivity contribution in [1.82, 2.24) is 0 Å². The van der Waals surface area contributed by atoms with Gasteiger partial charge in [0.15, 0.2) is 0 Å². The number of hydrogen-bond donors (Lipinski definition) is 1. The first-order chi connectivity index (χ1) is 7.17. The van der Waals surface area contributed by atoms with Crippen molar-refractivity contribution in [3.8, 4) is 0 Å². The van der Waals surface area contributed by atoms with E-state index in [4.69, 9.17) is 10.5 Å². The average Bonchev–Trinajstić information content (AvgIpc) is 2.11. The van der Waals surface area contributed by atoms with Crippen molar-refractivity contribution in [3.05, 3.63) is 11.8 Å². The van der Waals surface area contributed by atoms with Crippen LogP contribution in [0.5, 0.6) is 0 Å². The molecule has 2 heteroatoms. The molecule has 86 valence electrons. The van der Waals surface area contributed by atoms with Gasteiger partial charge in [-0.2, -0.15) is 0 Å². The Labute approximate surface area is 92.9 Å². The summed E-state index contributed by atoms with van der Waals surface area (Å²) in [6.45, 7) is 4.32. The van der Waals surface area contributed by atoms with E-state index in [1.807, 2.05) is 0 Å². The van der Waals surface area contributed by atoms with Crippen molar-refractivity contribution in [1.29, 1.82) is 0 Å². The summed E-state index contributed by atoms with van der Waals surface area (Å²) in [5, 5.41) is 0. The highest BCUT2D eigenvalue weighted by atomic mass is 16.5. The number of rotatable bonds is 4. The van der Waals surface area contributed by atoms with E-state index in [-0.39, 0.29) is 0 Å². The fraction of sp³-hybridized carbons (Fsp3) is 0.846. The molecular weight excluding hydrogens is 186 g/mol. The van der Waals surface area contributed by atoms with Crippen molar-refractivity contribution < 1.29 is 4.74 Å². The quantitative estimate of drug-likeness (QED) is 0.722. The van der Waals surface area contributed by atoms with Crippen LogP contribution in [0.4, 0.5) is 0 Å². The maximum atomic E-state index is 5.96. The van der Waals surface area contributed by atoms with Gasteiger partial charge in [0.2, 0.25) is 0 Å². The summed E-state index contributed by atoms with van der Waals surface area (Å²) in [6.07, 6.45) is 9.72. The lowest BCUT2D eigenvalue weighted by atomic mass is 9.53. The van der Waals surface area contributed by atoms with Gasteiger partial charge in [0.05, 0.1) is 11.9 Å². The first-order valence-electron chi connectivity index (χ1n) is 6.29. The second-order valence-electron chi connectivity index (χ2n) is 5.25. The molecule has 0 aromatic carbocycles. The van der Waals surface area contributed by atoms with Gasteiger partial charge in [-0.1, -0.05) is 13.8 Å². The van der Waals surface area contributed by atoms with Crippen LogP contribution in [0.3, 0.4) is 0 Å². The third-order valence-corrected chi connectivity index (χ3v) is 3.81. The summed E-state index contributed by atoms with van der Waals surface area (Å²) in [5.41, 5.74) is 6.42. The molecule has 2 saturated carbocycles. The molecule has 0 bridgehead atoms. The van der Waals surface area contributed by atoms with E-state index >= 15 is 0 Å². The van der Waals surface area contributed by atoms with Crippen molar-refractivity contribution in [2.45, 2.75) is 64.5 Å². The molecule has 2 nitrogen and oxygen atoms in total. The topological polar surface area (TPSA) is 35.2 Å². The molecule has 15 heavy (non-hydrogen) atoms. The van der Waals surface area contributed by atoms with E-state index in [2.05, 4.69) is 19.9 Å². The van der Waals surface area contributed by atoms with Crippen molar-refractivity contribution in [2.24, 2.45) is 11.1 Å². The fourth-order valence-electron chi connectivity index (χ4n) is 3.09. The molecule has 1 spiro atoms. The van der Waals surface area contributed by atoms with Crippen LogP contribution in [0, 0.1) is 5.41 Å². The van der Waals surface area contributed by atoms with Crippen LogP contribution in [0.25, 0.3) is 0 Å². The minimum atomic E-state index is 0.475. The highest BCUT2D eigenvalue weighted by Crippen LogP contribution is 2.56. The largest absolute Gasteiger partial charge is 0.495 e. The Morgan fingerprint density at radius 1 is 1.33 bits per heavy atom. The van der Waals surface area contributed by atoms with Crippen LogP contribution < -0.4 is 5.73 Å². The van der Waals surface area contributed by atoms with E-state index in [1.54, 1.807) is 0 Å². The number of nitrogens with two attached hydrogens (primary N) is 1. The second kappa shape index (κ2) is 4.17. The van der Waals surface area contributed by atoms with Crippen LogP contribution in [-0.2, 0) is 4.74 Å². The molecule has 2 aliphatic carbocycles. The fourth-order valence-corrected chi connectivity index (χ4v) is 3.09. The van der Waals surface area contributed by atoms with Crippen LogP contribution in [0.2, 0.25) is 0 Å². The average molecular weight is 209 g/mol. The van der Waals surface area contributed by atoms with Gasteiger partial charge in [-0.15, -0.1) is 0 Å². The molecule has 2 fully saturated rings. The highest BCUT2D eigenvalue weighted by molar-refractivity contribution is 5.07. The van der Waals surface area contributed by atoms with Crippen molar-refractivity contribution in [3.63, 3.8) is 0 Å². The van der Waals surface area contributed by atoms with Crippen molar-refractivity contribution in [2.75, 3.05) is 0 Å². The molecule has 2 rings (SSSR count). The molecule has 0 amide bonds. The smallest absolute Gasteiger partial charge is 0.0993 e. The van der Waals surface area contributed by atoms with Gasteiger partial charge in [0.1, 0.15) is 0 Å². The summed E-state index contributed by atoms with van der Waals surface area (Å²) >= 11 is 0. The first-order valence-corrected chi connectivity index (χ1v) is 6.29. The van der Waals surface area contributed by atoms with Gasteiger partial charge in [0.25, 0.3) is 0 Å². The molecule has 2 aliphatic rings. The number of allylic oxidation sites excluding steroid dienone is 2. The van der Waals surface area contributed by atoms with E-state index in [1.165, 1.54) is 31.4 Å². The van der Waals surface area contributed by atoms with Crippen LogP contribution in [0.1, 0.15) is 52.4 Å². The molecule has 2 N–H and O–H groups in total. The Kier molecular flexibility index (Phi) is 3.06. The summed E-state index contributed by atoms with van der Waals surface area (Å²) in [6, 6.07) is 0.475. The predicted molar refractivity (Wildman–Crippen MR) is 62.4 cm³/mol. The standard InChI is InChI=1S/C13H23NO/c1-3-5-11(4-2)15-12-8-13(9-12)6-10(14)7-13/h5,10,12H,3-4,6-9,14H2,1-2H3/b11-5+. The Bertz CT molecular complexity index is 245. The van der Waals surface area contributed by atoms with Gasteiger partial charge in [-0.05, 0) is 43.6 Å². The summed E-state index contributed by atoms with van der Waals surface area (Å²) in [4.78, 5) is 0. The summed E-state index contributed by atoms with van der Waals surface area (Å²) in [5.74, 6) is 1.18. The number of hydrogen-bond acceptors (Lipinski definition) is 2. The molecule has 0 aliphatic heterocycles. The van der Waals surface area contributed by atoms with E-state index in [9.17, 15) is 0 Å².